The van der Waals surface area contributed by atoms with E-state index in [0.29, 0.717) is 30.0 Å². The summed E-state index contributed by atoms with van der Waals surface area (Å²) in [6, 6.07) is 6.12. The second-order valence-electron chi connectivity index (χ2n) is 8.57. The van der Waals surface area contributed by atoms with E-state index in [1.54, 1.807) is 0 Å². The lowest BCUT2D eigenvalue weighted by Crippen LogP contribution is -2.42. The topological polar surface area (TPSA) is 93.4 Å². The number of nitrogens with one attached hydrogen (secondary N) is 2. The number of amides is 2. The van der Waals surface area contributed by atoms with Crippen molar-refractivity contribution in [3.8, 4) is 5.75 Å². The Kier molecular flexibility index (Phi) is 8.81. The van der Waals surface area contributed by atoms with Gasteiger partial charge in [0.25, 0.3) is 5.91 Å². The molecule has 0 fully saturated rings. The zero-order chi connectivity index (χ0) is 24.1. The number of hydrogen-bond acceptors (Lipinski definition) is 5. The minimum Gasteiger partial charge on any atom is -0.493 e. The Bertz CT molecular complexity index is 1010. The van der Waals surface area contributed by atoms with Gasteiger partial charge < -0.3 is 21.1 Å². The molecule has 6 nitrogen and oxygen atoms in total. The van der Waals surface area contributed by atoms with E-state index in [4.69, 9.17) is 22.7 Å². The number of hydrogen-bond donors (Lipinski definition) is 3. The molecule has 0 radical (unpaired) electrons. The van der Waals surface area contributed by atoms with Gasteiger partial charge in [-0.05, 0) is 75.0 Å². The molecule has 0 spiro atoms. The zero-order valence-electron chi connectivity index (χ0n) is 19.7. The van der Waals surface area contributed by atoms with Gasteiger partial charge in [0, 0.05) is 10.3 Å². The van der Waals surface area contributed by atoms with Gasteiger partial charge >= 0.3 is 0 Å². The maximum Gasteiger partial charge on any atom is 0.251 e. The fourth-order valence-corrected chi connectivity index (χ4v) is 4.85. The van der Waals surface area contributed by atoms with Gasteiger partial charge in [-0.1, -0.05) is 32.9 Å². The maximum atomic E-state index is 12.8. The molecule has 2 amide bonds. The largest absolute Gasteiger partial charge is 0.493 e. The molecule has 0 bridgehead atoms. The molecule has 4 N–H and O–H groups in total. The predicted molar refractivity (Wildman–Crippen MR) is 136 cm³/mol. The molecule has 1 aromatic heterocycles. The van der Waals surface area contributed by atoms with E-state index in [0.717, 1.165) is 33.7 Å². The minimum atomic E-state index is -0.636. The third-order valence-corrected chi connectivity index (χ3v) is 6.69. The van der Waals surface area contributed by atoms with Gasteiger partial charge in [0.15, 0.2) is 5.11 Å². The Balaban J connectivity index is 1.91. The first-order valence-electron chi connectivity index (χ1n) is 10.7. The number of benzene rings is 1. The number of thiocarbonyl (C=S) groups is 1. The maximum absolute atomic E-state index is 12.8. The number of rotatable bonds is 9. The van der Waals surface area contributed by atoms with Gasteiger partial charge in [-0.15, -0.1) is 11.3 Å². The normalized spacial score (nSPS) is 11.2. The molecule has 1 aromatic carbocycles. The Morgan fingerprint density at radius 2 is 1.91 bits per heavy atom. The Morgan fingerprint density at radius 3 is 2.53 bits per heavy atom. The first-order valence-corrected chi connectivity index (χ1v) is 11.9. The molecule has 0 aliphatic carbocycles. The van der Waals surface area contributed by atoms with Gasteiger partial charge in [-0.3, -0.25) is 9.59 Å². The molecule has 0 aliphatic heterocycles. The minimum absolute atomic E-state index is 0.154. The van der Waals surface area contributed by atoms with E-state index in [1.165, 1.54) is 11.3 Å². The summed E-state index contributed by atoms with van der Waals surface area (Å²) < 4.78 is 5.90. The summed E-state index contributed by atoms with van der Waals surface area (Å²) in [6.07, 6.45) is 2.05. The summed E-state index contributed by atoms with van der Waals surface area (Å²) in [6.45, 7) is 12.2. The number of carbonyl (C=O) groups excluding carboxylic acids is 2. The fourth-order valence-electron chi connectivity index (χ4n) is 3.43. The van der Waals surface area contributed by atoms with E-state index >= 15 is 0 Å². The van der Waals surface area contributed by atoms with Crippen molar-refractivity contribution in [1.29, 1.82) is 0 Å². The summed E-state index contributed by atoms with van der Waals surface area (Å²) in [5.41, 5.74) is 8.52. The number of aryl methyl sites for hydroxylation is 3. The van der Waals surface area contributed by atoms with Crippen molar-refractivity contribution in [1.82, 2.24) is 5.32 Å². The SMILES string of the molecule is CCc1c(C)sc(NC(=S)NC(=O)C(C)(C)CCCOc2cc(C)ccc2C)c1C(N)=O. The first kappa shape index (κ1) is 25.8. The average Bonchev–Trinajstić information content (AvgIpc) is 3.02. The zero-order valence-corrected chi connectivity index (χ0v) is 21.3. The van der Waals surface area contributed by atoms with E-state index in [2.05, 4.69) is 16.7 Å². The van der Waals surface area contributed by atoms with E-state index in [9.17, 15) is 9.59 Å². The summed E-state index contributed by atoms with van der Waals surface area (Å²) in [5.74, 6) is 0.180. The second kappa shape index (κ2) is 10.9. The molecule has 174 valence electrons. The average molecular weight is 476 g/mol. The van der Waals surface area contributed by atoms with Gasteiger partial charge in [0.2, 0.25) is 5.91 Å². The van der Waals surface area contributed by atoms with Gasteiger partial charge in [0.05, 0.1) is 12.2 Å². The lowest BCUT2D eigenvalue weighted by Gasteiger charge is -2.24. The van der Waals surface area contributed by atoms with Crippen LogP contribution < -0.4 is 21.1 Å². The van der Waals surface area contributed by atoms with Crippen LogP contribution in [0.2, 0.25) is 0 Å². The van der Waals surface area contributed by atoms with E-state index < -0.39 is 11.3 Å². The highest BCUT2D eigenvalue weighted by Gasteiger charge is 2.28. The predicted octanol–water partition coefficient (Wildman–Crippen LogP) is 5.03. The van der Waals surface area contributed by atoms with E-state index in [1.807, 2.05) is 53.7 Å². The van der Waals surface area contributed by atoms with Crippen molar-refractivity contribution in [3.05, 3.63) is 45.3 Å². The van der Waals surface area contributed by atoms with Crippen LogP contribution in [0.4, 0.5) is 5.00 Å². The quantitative estimate of drug-likeness (QED) is 0.349. The monoisotopic (exact) mass is 475 g/mol. The smallest absolute Gasteiger partial charge is 0.251 e. The lowest BCUT2D eigenvalue weighted by molar-refractivity contribution is -0.128. The first-order chi connectivity index (χ1) is 15.0. The van der Waals surface area contributed by atoms with Crippen LogP contribution in [0.5, 0.6) is 5.75 Å². The van der Waals surface area contributed by atoms with Crippen LogP contribution in [0.3, 0.4) is 0 Å². The van der Waals surface area contributed by atoms with Crippen molar-refractivity contribution in [2.45, 2.75) is 60.8 Å². The molecule has 0 atom stereocenters. The van der Waals surface area contributed by atoms with Crippen molar-refractivity contribution in [2.24, 2.45) is 11.1 Å². The Morgan fingerprint density at radius 1 is 1.22 bits per heavy atom. The van der Waals surface area contributed by atoms with Crippen LogP contribution in [0.25, 0.3) is 0 Å². The molecular weight excluding hydrogens is 442 g/mol. The van der Waals surface area contributed by atoms with Crippen molar-refractivity contribution in [2.75, 3.05) is 11.9 Å². The number of ether oxygens (including phenoxy) is 1. The van der Waals surface area contributed by atoms with Crippen LogP contribution in [0, 0.1) is 26.2 Å². The summed E-state index contributed by atoms with van der Waals surface area (Å²) in [4.78, 5) is 25.7. The number of thiophene rings is 1. The molecule has 0 aliphatic rings. The highest BCUT2D eigenvalue weighted by atomic mass is 32.1. The molecule has 32 heavy (non-hydrogen) atoms. The standard InChI is InChI=1S/C24H33N3O3S2/c1-7-17-16(4)32-21(19(17)20(25)28)26-23(31)27-22(29)24(5,6)11-8-12-30-18-13-14(2)9-10-15(18)3/h9-10,13H,7-8,11-12H2,1-6H3,(H2,25,28)(H2,26,27,29,31). The van der Waals surface area contributed by atoms with Crippen LogP contribution in [0.1, 0.15) is 65.5 Å². The molecule has 0 unspecified atom stereocenters. The molecule has 2 rings (SSSR count). The summed E-state index contributed by atoms with van der Waals surface area (Å²) >= 11 is 6.74. The molecule has 8 heteroatoms. The Hall–Kier alpha value is -2.45. The molecule has 0 saturated carbocycles. The molecular formula is C24H33N3O3S2. The number of anilines is 1. The summed E-state index contributed by atoms with van der Waals surface area (Å²) in [7, 11) is 0. The van der Waals surface area contributed by atoms with Crippen molar-refractivity contribution in [3.63, 3.8) is 0 Å². The van der Waals surface area contributed by atoms with Gasteiger partial charge in [-0.2, -0.15) is 0 Å². The van der Waals surface area contributed by atoms with Crippen LogP contribution in [-0.4, -0.2) is 23.5 Å². The number of carbonyl (C=O) groups is 2. The third-order valence-electron chi connectivity index (χ3n) is 5.43. The van der Waals surface area contributed by atoms with Crippen LogP contribution >= 0.6 is 23.6 Å². The lowest BCUT2D eigenvalue weighted by atomic mass is 9.87. The Labute approximate surface area is 199 Å². The second-order valence-corrected chi connectivity index (χ2v) is 10.2. The molecule has 2 aromatic rings. The number of primary amides is 1. The van der Waals surface area contributed by atoms with Crippen LogP contribution in [-0.2, 0) is 11.2 Å². The highest BCUT2D eigenvalue weighted by Crippen LogP contribution is 2.33. The number of nitrogens with two attached hydrogens (primary N) is 1. The van der Waals surface area contributed by atoms with E-state index in [-0.39, 0.29) is 11.0 Å². The van der Waals surface area contributed by atoms with Gasteiger partial charge in [-0.25, -0.2) is 0 Å². The highest BCUT2D eigenvalue weighted by molar-refractivity contribution is 7.80. The molecule has 0 saturated heterocycles. The van der Waals surface area contributed by atoms with Crippen LogP contribution in [0.15, 0.2) is 18.2 Å². The van der Waals surface area contributed by atoms with Gasteiger partial charge in [0.1, 0.15) is 10.8 Å². The molecule has 1 heterocycles. The fraction of sp³-hybridized carbons (Fsp3) is 0.458. The summed E-state index contributed by atoms with van der Waals surface area (Å²) in [5, 5.41) is 6.46. The third kappa shape index (κ3) is 6.53. The van der Waals surface area contributed by atoms with Crippen molar-refractivity contribution >= 4 is 45.5 Å². The van der Waals surface area contributed by atoms with Crippen molar-refractivity contribution < 1.29 is 14.3 Å².